The fourth-order valence-electron chi connectivity index (χ4n) is 2.95. The lowest BCUT2D eigenvalue weighted by molar-refractivity contribution is -0.0231. The SMILES string of the molecule is CSc1ccc(-c2noc(COC3CCN(C(=O)OC(C)(C)C)CC3)n2)c(F)c1. The number of hydrogen-bond donors (Lipinski definition) is 0. The highest BCUT2D eigenvalue weighted by atomic mass is 32.2. The largest absolute Gasteiger partial charge is 0.444 e. The molecule has 2 aromatic rings. The number of carbonyl (C=O) groups excluding carboxylic acids is 1. The average Bonchev–Trinajstić information content (AvgIpc) is 3.14. The van der Waals surface area contributed by atoms with Gasteiger partial charge < -0.3 is 18.9 Å². The number of benzene rings is 1. The zero-order valence-electron chi connectivity index (χ0n) is 17.1. The summed E-state index contributed by atoms with van der Waals surface area (Å²) in [6.07, 6.45) is 2.97. The van der Waals surface area contributed by atoms with Crippen LogP contribution in [0.3, 0.4) is 0 Å². The van der Waals surface area contributed by atoms with Crippen molar-refractivity contribution >= 4 is 17.9 Å². The number of piperidine rings is 1. The lowest BCUT2D eigenvalue weighted by atomic mass is 10.1. The van der Waals surface area contributed by atoms with Crippen molar-refractivity contribution in [3.63, 3.8) is 0 Å². The Morgan fingerprint density at radius 3 is 2.69 bits per heavy atom. The monoisotopic (exact) mass is 423 g/mol. The third-order valence-corrected chi connectivity index (χ3v) is 5.15. The zero-order valence-corrected chi connectivity index (χ0v) is 17.9. The van der Waals surface area contributed by atoms with Crippen molar-refractivity contribution in [1.29, 1.82) is 0 Å². The van der Waals surface area contributed by atoms with E-state index in [0.717, 1.165) is 4.90 Å². The lowest BCUT2D eigenvalue weighted by Crippen LogP contribution is -2.43. The van der Waals surface area contributed by atoms with Crippen molar-refractivity contribution in [2.75, 3.05) is 19.3 Å². The van der Waals surface area contributed by atoms with Gasteiger partial charge in [-0.15, -0.1) is 11.8 Å². The van der Waals surface area contributed by atoms with E-state index in [2.05, 4.69) is 10.1 Å². The number of aromatic nitrogens is 2. The predicted molar refractivity (Wildman–Crippen MR) is 107 cm³/mol. The predicted octanol–water partition coefficient (Wildman–Crippen LogP) is 4.51. The molecule has 0 saturated carbocycles. The van der Waals surface area contributed by atoms with Gasteiger partial charge in [0.1, 0.15) is 18.0 Å². The summed E-state index contributed by atoms with van der Waals surface area (Å²) in [5, 5.41) is 3.85. The van der Waals surface area contributed by atoms with Crippen LogP contribution >= 0.6 is 11.8 Å². The summed E-state index contributed by atoms with van der Waals surface area (Å²) in [6, 6.07) is 4.90. The Labute approximate surface area is 173 Å². The van der Waals surface area contributed by atoms with E-state index in [4.69, 9.17) is 14.0 Å². The Balaban J connectivity index is 1.49. The first kappa shape index (κ1) is 21.6. The molecule has 0 bridgehead atoms. The highest BCUT2D eigenvalue weighted by molar-refractivity contribution is 7.98. The van der Waals surface area contributed by atoms with Crippen LogP contribution in [0.15, 0.2) is 27.6 Å². The van der Waals surface area contributed by atoms with Crippen molar-refractivity contribution in [2.45, 2.75) is 56.8 Å². The molecule has 1 aromatic carbocycles. The van der Waals surface area contributed by atoms with Gasteiger partial charge in [0.2, 0.25) is 5.82 Å². The molecule has 0 spiro atoms. The van der Waals surface area contributed by atoms with Crippen molar-refractivity contribution in [1.82, 2.24) is 15.0 Å². The average molecular weight is 424 g/mol. The smallest absolute Gasteiger partial charge is 0.410 e. The van der Waals surface area contributed by atoms with E-state index in [1.54, 1.807) is 11.0 Å². The van der Waals surface area contributed by atoms with Crippen molar-refractivity contribution < 1.29 is 23.2 Å². The summed E-state index contributed by atoms with van der Waals surface area (Å²) < 4.78 is 30.6. The van der Waals surface area contributed by atoms with Crippen molar-refractivity contribution in [3.05, 3.63) is 29.9 Å². The number of ether oxygens (including phenoxy) is 2. The van der Waals surface area contributed by atoms with E-state index in [0.29, 0.717) is 37.4 Å². The first-order valence-electron chi connectivity index (χ1n) is 9.51. The summed E-state index contributed by atoms with van der Waals surface area (Å²) in [5.74, 6) is 0.107. The van der Waals surface area contributed by atoms with E-state index in [1.807, 2.05) is 33.1 Å². The third-order valence-electron chi connectivity index (χ3n) is 4.42. The van der Waals surface area contributed by atoms with E-state index in [-0.39, 0.29) is 30.4 Å². The van der Waals surface area contributed by atoms with Crippen LogP contribution < -0.4 is 0 Å². The Hall–Kier alpha value is -2.13. The maximum Gasteiger partial charge on any atom is 0.410 e. The standard InChI is InChI=1S/C20H26FN3O4S/c1-20(2,3)27-19(25)24-9-7-13(8-10-24)26-12-17-22-18(23-28-17)15-6-5-14(29-4)11-16(15)21/h5-6,11,13H,7-10,12H2,1-4H3. The molecule has 0 N–H and O–H groups in total. The van der Waals surface area contributed by atoms with Gasteiger partial charge in [0.15, 0.2) is 0 Å². The first-order chi connectivity index (χ1) is 13.7. The summed E-state index contributed by atoms with van der Waals surface area (Å²) in [4.78, 5) is 18.9. The minimum absolute atomic E-state index is 0.0124. The van der Waals surface area contributed by atoms with Crippen LogP contribution in [-0.4, -0.2) is 52.2 Å². The van der Waals surface area contributed by atoms with Crippen molar-refractivity contribution in [2.24, 2.45) is 0 Å². The van der Waals surface area contributed by atoms with Crippen LogP contribution in [-0.2, 0) is 16.1 Å². The molecule has 1 saturated heterocycles. The maximum atomic E-state index is 14.2. The minimum Gasteiger partial charge on any atom is -0.444 e. The molecule has 1 aromatic heterocycles. The number of hydrogen-bond acceptors (Lipinski definition) is 7. The molecule has 0 atom stereocenters. The summed E-state index contributed by atoms with van der Waals surface area (Å²) >= 11 is 1.46. The fourth-order valence-corrected chi connectivity index (χ4v) is 3.37. The van der Waals surface area contributed by atoms with Crippen LogP contribution in [0.2, 0.25) is 0 Å². The summed E-state index contributed by atoms with van der Waals surface area (Å²) in [5.41, 5.74) is -0.210. The Kier molecular flexibility index (Phi) is 6.79. The Morgan fingerprint density at radius 1 is 1.34 bits per heavy atom. The normalized spacial score (nSPS) is 15.6. The molecule has 158 valence electrons. The van der Waals surface area contributed by atoms with E-state index < -0.39 is 5.60 Å². The molecule has 0 radical (unpaired) electrons. The van der Waals surface area contributed by atoms with Gasteiger partial charge in [0.25, 0.3) is 5.89 Å². The molecule has 7 nitrogen and oxygen atoms in total. The summed E-state index contributed by atoms with van der Waals surface area (Å²) in [6.45, 7) is 6.84. The van der Waals surface area contributed by atoms with Gasteiger partial charge in [0.05, 0.1) is 11.7 Å². The van der Waals surface area contributed by atoms with Crippen LogP contribution in [0.4, 0.5) is 9.18 Å². The second-order valence-corrected chi connectivity index (χ2v) is 8.71. The second-order valence-electron chi connectivity index (χ2n) is 7.84. The van der Waals surface area contributed by atoms with Gasteiger partial charge in [0, 0.05) is 18.0 Å². The molecule has 1 aliphatic heterocycles. The molecular weight excluding hydrogens is 397 g/mol. The van der Waals surface area contributed by atoms with Gasteiger partial charge in [-0.3, -0.25) is 0 Å². The Morgan fingerprint density at radius 2 is 2.07 bits per heavy atom. The molecule has 1 aliphatic rings. The van der Waals surface area contributed by atoms with Crippen LogP contribution in [0, 0.1) is 5.82 Å². The third kappa shape index (κ3) is 5.93. The second kappa shape index (κ2) is 9.13. The molecule has 29 heavy (non-hydrogen) atoms. The van der Waals surface area contributed by atoms with Gasteiger partial charge in [-0.2, -0.15) is 4.98 Å². The van der Waals surface area contributed by atoms with Crippen LogP contribution in [0.25, 0.3) is 11.4 Å². The molecule has 1 fully saturated rings. The highest BCUT2D eigenvalue weighted by Gasteiger charge is 2.27. The number of nitrogens with zero attached hydrogens (tertiary/aromatic N) is 3. The van der Waals surface area contributed by atoms with Gasteiger partial charge in [-0.1, -0.05) is 5.16 Å². The highest BCUT2D eigenvalue weighted by Crippen LogP contribution is 2.25. The minimum atomic E-state index is -0.505. The van der Waals surface area contributed by atoms with E-state index >= 15 is 0 Å². The van der Waals surface area contributed by atoms with Crippen LogP contribution in [0.5, 0.6) is 0 Å². The lowest BCUT2D eigenvalue weighted by Gasteiger charge is -2.33. The van der Waals surface area contributed by atoms with Gasteiger partial charge in [-0.25, -0.2) is 9.18 Å². The molecule has 1 amide bonds. The number of thioether (sulfide) groups is 1. The molecule has 0 unspecified atom stereocenters. The summed E-state index contributed by atoms with van der Waals surface area (Å²) in [7, 11) is 0. The number of halogens is 1. The maximum absolute atomic E-state index is 14.2. The molecule has 3 rings (SSSR count). The van der Waals surface area contributed by atoms with E-state index in [1.165, 1.54) is 17.8 Å². The fraction of sp³-hybridized carbons (Fsp3) is 0.550. The van der Waals surface area contributed by atoms with Crippen molar-refractivity contribution in [3.8, 4) is 11.4 Å². The first-order valence-corrected chi connectivity index (χ1v) is 10.7. The molecule has 0 aliphatic carbocycles. The number of amides is 1. The molecular formula is C20H26FN3O4S. The Bertz CT molecular complexity index is 844. The number of rotatable bonds is 5. The molecule has 2 heterocycles. The van der Waals surface area contributed by atoms with E-state index in [9.17, 15) is 9.18 Å². The van der Waals surface area contributed by atoms with Crippen LogP contribution in [0.1, 0.15) is 39.5 Å². The molecule has 9 heteroatoms. The number of likely N-dealkylation sites (tertiary alicyclic amines) is 1. The van der Waals surface area contributed by atoms with Gasteiger partial charge >= 0.3 is 6.09 Å². The zero-order chi connectivity index (χ0) is 21.0. The van der Waals surface area contributed by atoms with Gasteiger partial charge in [-0.05, 0) is 58.1 Å². The quantitative estimate of drug-likeness (QED) is 0.655. The topological polar surface area (TPSA) is 77.7 Å². The number of carbonyl (C=O) groups is 1.